The van der Waals surface area contributed by atoms with Crippen LogP contribution in [0.1, 0.15) is 21.9 Å². The molecule has 6 heteroatoms. The maximum absolute atomic E-state index is 10.8. The molecule has 1 aliphatic rings. The minimum Gasteiger partial charge on any atom is -0.481 e. The summed E-state index contributed by atoms with van der Waals surface area (Å²) in [5.41, 5.74) is 1.67. The zero-order valence-electron chi connectivity index (χ0n) is 9.23. The molecule has 0 bridgehead atoms. The average molecular weight is 223 g/mol. The van der Waals surface area contributed by atoms with Gasteiger partial charge in [-0.1, -0.05) is 0 Å². The normalized spacial score (nSPS) is 15.6. The molecule has 2 rings (SSSR count). The summed E-state index contributed by atoms with van der Waals surface area (Å²) in [5, 5.41) is 8.88. The third kappa shape index (κ3) is 1.83. The number of fused-ring (bicyclic) bond motifs is 1. The Balaban J connectivity index is 2.50. The fourth-order valence-electron chi connectivity index (χ4n) is 1.79. The van der Waals surface area contributed by atoms with Crippen molar-refractivity contribution in [3.63, 3.8) is 0 Å². The highest BCUT2D eigenvalue weighted by Gasteiger charge is 2.22. The molecule has 0 spiro atoms. The first-order valence-electron chi connectivity index (χ1n) is 4.97. The number of hydrogen-bond acceptors (Lipinski definition) is 5. The topological polar surface area (TPSA) is 75.5 Å². The molecule has 0 saturated heterocycles. The van der Waals surface area contributed by atoms with Crippen LogP contribution in [0, 0.1) is 0 Å². The molecular weight excluding hydrogens is 210 g/mol. The fraction of sp³-hybridized carbons (Fsp3) is 0.500. The molecule has 0 unspecified atom stereocenters. The van der Waals surface area contributed by atoms with Crippen LogP contribution in [0.4, 0.5) is 0 Å². The molecule has 6 nitrogen and oxygen atoms in total. The lowest BCUT2D eigenvalue weighted by Gasteiger charge is -2.24. The number of carboxylic acids is 1. The third-order valence-electron chi connectivity index (χ3n) is 2.60. The summed E-state index contributed by atoms with van der Waals surface area (Å²) in [5.74, 6) is -0.948. The summed E-state index contributed by atoms with van der Waals surface area (Å²) in [7, 11) is 3.46. The predicted molar refractivity (Wildman–Crippen MR) is 55.6 cm³/mol. The number of carbonyl (C=O) groups is 1. The van der Waals surface area contributed by atoms with Gasteiger partial charge in [-0.3, -0.25) is 0 Å². The van der Waals surface area contributed by atoms with Crippen molar-refractivity contribution in [3.05, 3.63) is 17.1 Å². The van der Waals surface area contributed by atoms with Crippen molar-refractivity contribution in [1.82, 2.24) is 14.9 Å². The van der Waals surface area contributed by atoms with Gasteiger partial charge in [-0.25, -0.2) is 9.78 Å². The van der Waals surface area contributed by atoms with E-state index in [4.69, 9.17) is 9.84 Å². The van der Waals surface area contributed by atoms with E-state index in [1.54, 1.807) is 0 Å². The Morgan fingerprint density at radius 3 is 2.88 bits per heavy atom. The Bertz CT molecular complexity index is 434. The monoisotopic (exact) mass is 223 g/mol. The van der Waals surface area contributed by atoms with Gasteiger partial charge in [-0.05, 0) is 13.5 Å². The minimum atomic E-state index is -1.13. The Kier molecular flexibility index (Phi) is 2.74. The predicted octanol–water partition coefficient (Wildman–Crippen LogP) is 0.171. The smallest absolute Gasteiger partial charge is 0.374 e. The summed E-state index contributed by atoms with van der Waals surface area (Å²) < 4.78 is 5.11. The SMILES string of the molecule is COc1nc(C(=O)O)nc2c1CCN(C)C2. The van der Waals surface area contributed by atoms with Crippen LogP contribution in [0.15, 0.2) is 0 Å². The number of likely N-dealkylation sites (N-methyl/N-ethyl adjacent to an activating group) is 1. The van der Waals surface area contributed by atoms with E-state index in [2.05, 4.69) is 14.9 Å². The molecule has 1 aliphatic heterocycles. The van der Waals surface area contributed by atoms with Gasteiger partial charge in [0.05, 0.1) is 12.8 Å². The van der Waals surface area contributed by atoms with Crippen LogP contribution in [0.2, 0.25) is 0 Å². The Morgan fingerprint density at radius 2 is 2.25 bits per heavy atom. The molecule has 1 N–H and O–H groups in total. The van der Waals surface area contributed by atoms with Gasteiger partial charge in [0.25, 0.3) is 0 Å². The molecular formula is C10H13N3O3. The molecule has 1 aromatic heterocycles. The van der Waals surface area contributed by atoms with Gasteiger partial charge in [0.1, 0.15) is 0 Å². The van der Waals surface area contributed by atoms with E-state index < -0.39 is 5.97 Å². The first-order chi connectivity index (χ1) is 7.61. The summed E-state index contributed by atoms with van der Waals surface area (Å²) in [6.45, 7) is 1.54. The second-order valence-corrected chi connectivity index (χ2v) is 3.77. The second kappa shape index (κ2) is 4.05. The number of hydrogen-bond donors (Lipinski definition) is 1. The lowest BCUT2D eigenvalue weighted by Crippen LogP contribution is -2.29. The number of ether oxygens (including phenoxy) is 1. The minimum absolute atomic E-state index is 0.203. The van der Waals surface area contributed by atoms with Gasteiger partial charge in [-0.15, -0.1) is 0 Å². The zero-order valence-corrected chi connectivity index (χ0v) is 9.23. The number of aromatic carboxylic acids is 1. The first kappa shape index (κ1) is 10.8. The van der Waals surface area contributed by atoms with Crippen molar-refractivity contribution < 1.29 is 14.6 Å². The van der Waals surface area contributed by atoms with E-state index in [9.17, 15) is 4.79 Å². The summed E-state index contributed by atoms with van der Waals surface area (Å²) in [6.07, 6.45) is 0.787. The van der Waals surface area contributed by atoms with Crippen LogP contribution in [0.5, 0.6) is 5.88 Å². The lowest BCUT2D eigenvalue weighted by atomic mass is 10.1. The van der Waals surface area contributed by atoms with Crippen LogP contribution in [0.25, 0.3) is 0 Å². The Hall–Kier alpha value is -1.69. The summed E-state index contributed by atoms with van der Waals surface area (Å²) in [4.78, 5) is 20.8. The highest BCUT2D eigenvalue weighted by atomic mass is 16.5. The molecule has 1 aromatic rings. The standard InChI is InChI=1S/C10H13N3O3/c1-13-4-3-6-7(5-13)11-8(10(14)15)12-9(6)16-2/h3-5H2,1-2H3,(H,14,15). The quantitative estimate of drug-likeness (QED) is 0.770. The van der Waals surface area contributed by atoms with Crippen molar-refractivity contribution in [2.75, 3.05) is 20.7 Å². The Morgan fingerprint density at radius 1 is 1.50 bits per heavy atom. The van der Waals surface area contributed by atoms with Crippen molar-refractivity contribution in [1.29, 1.82) is 0 Å². The van der Waals surface area contributed by atoms with Gasteiger partial charge in [0.2, 0.25) is 11.7 Å². The van der Waals surface area contributed by atoms with Crippen LogP contribution >= 0.6 is 0 Å². The maximum Gasteiger partial charge on any atom is 0.374 e. The molecule has 0 saturated carbocycles. The van der Waals surface area contributed by atoms with E-state index >= 15 is 0 Å². The zero-order chi connectivity index (χ0) is 11.7. The first-order valence-corrected chi connectivity index (χ1v) is 4.97. The second-order valence-electron chi connectivity index (χ2n) is 3.77. The van der Waals surface area contributed by atoms with Crippen molar-refractivity contribution in [2.45, 2.75) is 13.0 Å². The van der Waals surface area contributed by atoms with Gasteiger partial charge in [-0.2, -0.15) is 4.98 Å². The molecule has 0 atom stereocenters. The van der Waals surface area contributed by atoms with Crippen LogP contribution in [-0.2, 0) is 13.0 Å². The highest BCUT2D eigenvalue weighted by molar-refractivity contribution is 5.83. The van der Waals surface area contributed by atoms with E-state index in [0.29, 0.717) is 12.4 Å². The fourth-order valence-corrected chi connectivity index (χ4v) is 1.79. The van der Waals surface area contributed by atoms with Crippen LogP contribution < -0.4 is 4.74 Å². The van der Waals surface area contributed by atoms with Gasteiger partial charge >= 0.3 is 5.97 Å². The molecule has 0 aliphatic carbocycles. The molecule has 16 heavy (non-hydrogen) atoms. The van der Waals surface area contributed by atoms with Crippen LogP contribution in [-0.4, -0.2) is 46.6 Å². The number of methoxy groups -OCH3 is 1. The largest absolute Gasteiger partial charge is 0.481 e. The Labute approximate surface area is 92.9 Å². The molecule has 0 amide bonds. The van der Waals surface area contributed by atoms with E-state index in [1.807, 2.05) is 7.05 Å². The van der Waals surface area contributed by atoms with E-state index in [0.717, 1.165) is 24.2 Å². The van der Waals surface area contributed by atoms with Gasteiger partial charge < -0.3 is 14.7 Å². The average Bonchev–Trinajstić information content (AvgIpc) is 2.26. The van der Waals surface area contributed by atoms with Gasteiger partial charge in [0.15, 0.2) is 0 Å². The molecule has 2 heterocycles. The van der Waals surface area contributed by atoms with Crippen molar-refractivity contribution >= 4 is 5.97 Å². The maximum atomic E-state index is 10.8. The molecule has 0 aromatic carbocycles. The third-order valence-corrected chi connectivity index (χ3v) is 2.60. The summed E-state index contributed by atoms with van der Waals surface area (Å²) >= 11 is 0. The number of aromatic nitrogens is 2. The molecule has 86 valence electrons. The molecule has 0 fully saturated rings. The van der Waals surface area contributed by atoms with Gasteiger partial charge in [0, 0.05) is 18.7 Å². The highest BCUT2D eigenvalue weighted by Crippen LogP contribution is 2.24. The lowest BCUT2D eigenvalue weighted by molar-refractivity contribution is 0.0681. The van der Waals surface area contributed by atoms with Crippen molar-refractivity contribution in [3.8, 4) is 5.88 Å². The number of carboxylic acid groups (broad SMARTS) is 1. The van der Waals surface area contributed by atoms with E-state index in [-0.39, 0.29) is 5.82 Å². The summed E-state index contributed by atoms with van der Waals surface area (Å²) in [6, 6.07) is 0. The number of rotatable bonds is 2. The van der Waals surface area contributed by atoms with Crippen molar-refractivity contribution in [2.24, 2.45) is 0 Å². The van der Waals surface area contributed by atoms with Crippen LogP contribution in [0.3, 0.4) is 0 Å². The number of nitrogens with zero attached hydrogens (tertiary/aromatic N) is 3. The molecule has 0 radical (unpaired) electrons. The van der Waals surface area contributed by atoms with E-state index in [1.165, 1.54) is 7.11 Å².